The number of carbonyl (C=O) groups is 1. The Balaban J connectivity index is 2.28. The van der Waals surface area contributed by atoms with Crippen LogP contribution < -0.4 is 0 Å². The standard InChI is InChI=1S/C17H18O3/c1-11(13-7-3-5-9-15(13)18)17(20)12(2)14-8-4-6-10-16(14)19/h3-12,18-19H,1-2H3. The van der Waals surface area contributed by atoms with E-state index in [0.717, 1.165) is 0 Å². The summed E-state index contributed by atoms with van der Waals surface area (Å²) in [5.74, 6) is -0.639. The Kier molecular flexibility index (Phi) is 4.08. The fraction of sp³-hybridized carbons (Fsp3) is 0.235. The highest BCUT2D eigenvalue weighted by Crippen LogP contribution is 2.33. The van der Waals surface area contributed by atoms with E-state index in [2.05, 4.69) is 0 Å². The van der Waals surface area contributed by atoms with Crippen molar-refractivity contribution in [1.29, 1.82) is 0 Å². The van der Waals surface area contributed by atoms with Crippen molar-refractivity contribution in [2.45, 2.75) is 25.7 Å². The maximum Gasteiger partial charge on any atom is 0.147 e. The summed E-state index contributed by atoms with van der Waals surface area (Å²) >= 11 is 0. The number of aromatic hydroxyl groups is 2. The van der Waals surface area contributed by atoms with E-state index >= 15 is 0 Å². The number of carbonyl (C=O) groups excluding carboxylic acids is 1. The van der Waals surface area contributed by atoms with Crippen LogP contribution in [0.1, 0.15) is 36.8 Å². The van der Waals surface area contributed by atoms with Gasteiger partial charge in [0.05, 0.1) is 0 Å². The van der Waals surface area contributed by atoms with Crippen LogP contribution in [0.3, 0.4) is 0 Å². The van der Waals surface area contributed by atoms with Crippen molar-refractivity contribution in [3.05, 3.63) is 59.7 Å². The molecule has 0 amide bonds. The molecule has 0 bridgehead atoms. The zero-order chi connectivity index (χ0) is 14.7. The summed E-state index contributed by atoms with van der Waals surface area (Å²) in [4.78, 5) is 12.5. The van der Waals surface area contributed by atoms with Crippen molar-refractivity contribution in [1.82, 2.24) is 0 Å². The van der Waals surface area contributed by atoms with Gasteiger partial charge in [0.25, 0.3) is 0 Å². The molecule has 0 aromatic heterocycles. The number of rotatable bonds is 4. The maximum atomic E-state index is 12.5. The molecular formula is C17H18O3. The molecule has 0 aliphatic rings. The molecule has 104 valence electrons. The zero-order valence-electron chi connectivity index (χ0n) is 11.6. The van der Waals surface area contributed by atoms with Gasteiger partial charge < -0.3 is 10.2 Å². The Morgan fingerprint density at radius 3 is 1.50 bits per heavy atom. The first-order chi connectivity index (χ1) is 9.52. The summed E-state index contributed by atoms with van der Waals surface area (Å²) in [6.45, 7) is 3.54. The lowest BCUT2D eigenvalue weighted by molar-refractivity contribution is -0.121. The smallest absolute Gasteiger partial charge is 0.147 e. The van der Waals surface area contributed by atoms with Crippen LogP contribution in [0.25, 0.3) is 0 Å². The molecule has 0 saturated heterocycles. The van der Waals surface area contributed by atoms with Crippen molar-refractivity contribution < 1.29 is 15.0 Å². The lowest BCUT2D eigenvalue weighted by atomic mass is 9.85. The average molecular weight is 270 g/mol. The van der Waals surface area contributed by atoms with Crippen LogP contribution in [-0.2, 0) is 4.79 Å². The fourth-order valence-electron chi connectivity index (χ4n) is 2.39. The minimum Gasteiger partial charge on any atom is -0.508 e. The van der Waals surface area contributed by atoms with Crippen molar-refractivity contribution in [3.8, 4) is 11.5 Å². The van der Waals surface area contributed by atoms with E-state index in [1.165, 1.54) is 0 Å². The van der Waals surface area contributed by atoms with E-state index in [1.807, 2.05) is 0 Å². The molecule has 2 atom stereocenters. The minimum absolute atomic E-state index is 0.0343. The molecule has 2 N–H and O–H groups in total. The van der Waals surface area contributed by atoms with Crippen molar-refractivity contribution in [3.63, 3.8) is 0 Å². The molecule has 2 rings (SSSR count). The molecule has 0 aliphatic carbocycles. The summed E-state index contributed by atoms with van der Waals surface area (Å²) in [5, 5.41) is 19.7. The molecule has 0 aliphatic heterocycles. The lowest BCUT2D eigenvalue weighted by Crippen LogP contribution is -2.16. The van der Waals surface area contributed by atoms with Gasteiger partial charge in [0.1, 0.15) is 17.3 Å². The molecule has 2 aromatic carbocycles. The monoisotopic (exact) mass is 270 g/mol. The lowest BCUT2D eigenvalue weighted by Gasteiger charge is -2.18. The second-order valence-corrected chi connectivity index (χ2v) is 4.96. The summed E-state index contributed by atoms with van der Waals surface area (Å²) in [5.41, 5.74) is 1.22. The largest absolute Gasteiger partial charge is 0.508 e. The summed E-state index contributed by atoms with van der Waals surface area (Å²) in [6.07, 6.45) is 0. The third-order valence-electron chi connectivity index (χ3n) is 3.66. The molecule has 20 heavy (non-hydrogen) atoms. The van der Waals surface area contributed by atoms with Gasteiger partial charge in [0, 0.05) is 23.0 Å². The van der Waals surface area contributed by atoms with Gasteiger partial charge in [0.2, 0.25) is 0 Å². The third-order valence-corrected chi connectivity index (χ3v) is 3.66. The first kappa shape index (κ1) is 14.1. The molecular weight excluding hydrogens is 252 g/mol. The van der Waals surface area contributed by atoms with Crippen LogP contribution >= 0.6 is 0 Å². The maximum absolute atomic E-state index is 12.5. The predicted molar refractivity (Wildman–Crippen MR) is 78.1 cm³/mol. The minimum atomic E-state index is -0.425. The van der Waals surface area contributed by atoms with Gasteiger partial charge in [-0.1, -0.05) is 50.2 Å². The van der Waals surface area contributed by atoms with Crippen molar-refractivity contribution in [2.75, 3.05) is 0 Å². The quantitative estimate of drug-likeness (QED) is 0.892. The van der Waals surface area contributed by atoms with E-state index in [-0.39, 0.29) is 17.3 Å². The highest BCUT2D eigenvalue weighted by atomic mass is 16.3. The second kappa shape index (κ2) is 5.78. The van der Waals surface area contributed by atoms with E-state index < -0.39 is 11.8 Å². The van der Waals surface area contributed by atoms with Crippen molar-refractivity contribution in [2.24, 2.45) is 0 Å². The van der Waals surface area contributed by atoms with Crippen LogP contribution in [0.15, 0.2) is 48.5 Å². The van der Waals surface area contributed by atoms with Gasteiger partial charge in [-0.05, 0) is 12.1 Å². The molecule has 3 heteroatoms. The first-order valence-corrected chi connectivity index (χ1v) is 6.62. The molecule has 0 heterocycles. The molecule has 2 unspecified atom stereocenters. The molecule has 0 spiro atoms. The van der Waals surface area contributed by atoms with Crippen LogP contribution in [0.5, 0.6) is 11.5 Å². The van der Waals surface area contributed by atoms with Gasteiger partial charge in [-0.2, -0.15) is 0 Å². The van der Waals surface area contributed by atoms with E-state index in [4.69, 9.17) is 0 Å². The van der Waals surface area contributed by atoms with E-state index in [0.29, 0.717) is 11.1 Å². The molecule has 0 fully saturated rings. The number of hydrogen-bond donors (Lipinski definition) is 2. The number of para-hydroxylation sites is 2. The average Bonchev–Trinajstić information content (AvgIpc) is 2.46. The second-order valence-electron chi connectivity index (χ2n) is 4.96. The highest BCUT2D eigenvalue weighted by molar-refractivity contribution is 5.92. The molecule has 3 nitrogen and oxygen atoms in total. The SMILES string of the molecule is CC(C(=O)C(C)c1ccccc1O)c1ccccc1O. The zero-order valence-corrected chi connectivity index (χ0v) is 11.6. The number of phenolic OH excluding ortho intramolecular Hbond substituents is 2. The van der Waals surface area contributed by atoms with E-state index in [1.54, 1.807) is 62.4 Å². The van der Waals surface area contributed by atoms with Gasteiger partial charge in [-0.3, -0.25) is 4.79 Å². The first-order valence-electron chi connectivity index (χ1n) is 6.62. The molecule has 0 saturated carbocycles. The predicted octanol–water partition coefficient (Wildman–Crippen LogP) is 3.57. The van der Waals surface area contributed by atoms with Crippen LogP contribution in [0.2, 0.25) is 0 Å². The van der Waals surface area contributed by atoms with Crippen LogP contribution in [0.4, 0.5) is 0 Å². The number of ketones is 1. The summed E-state index contributed by atoms with van der Waals surface area (Å²) in [6, 6.07) is 13.7. The van der Waals surface area contributed by atoms with Gasteiger partial charge in [0.15, 0.2) is 0 Å². The Morgan fingerprint density at radius 2 is 1.15 bits per heavy atom. The third kappa shape index (κ3) is 2.67. The molecule has 2 aromatic rings. The number of phenols is 2. The number of hydrogen-bond acceptors (Lipinski definition) is 3. The normalized spacial score (nSPS) is 13.7. The van der Waals surface area contributed by atoms with E-state index in [9.17, 15) is 15.0 Å². The Labute approximate surface area is 118 Å². The number of benzene rings is 2. The summed E-state index contributed by atoms with van der Waals surface area (Å²) in [7, 11) is 0. The Bertz CT molecular complexity index is 566. The fourth-order valence-corrected chi connectivity index (χ4v) is 2.39. The van der Waals surface area contributed by atoms with Crippen LogP contribution in [0, 0.1) is 0 Å². The topological polar surface area (TPSA) is 57.5 Å². The Morgan fingerprint density at radius 1 is 0.800 bits per heavy atom. The van der Waals surface area contributed by atoms with Gasteiger partial charge in [-0.25, -0.2) is 0 Å². The Hall–Kier alpha value is -2.29. The molecule has 0 radical (unpaired) electrons. The summed E-state index contributed by atoms with van der Waals surface area (Å²) < 4.78 is 0. The number of Topliss-reactive ketones (excluding diaryl/α,β-unsaturated/α-hetero) is 1. The highest BCUT2D eigenvalue weighted by Gasteiger charge is 2.25. The van der Waals surface area contributed by atoms with Crippen LogP contribution in [-0.4, -0.2) is 16.0 Å². The van der Waals surface area contributed by atoms with Gasteiger partial charge >= 0.3 is 0 Å². The van der Waals surface area contributed by atoms with Crippen molar-refractivity contribution >= 4 is 5.78 Å². The van der Waals surface area contributed by atoms with Gasteiger partial charge in [-0.15, -0.1) is 0 Å².